The second kappa shape index (κ2) is 9.43. The lowest BCUT2D eigenvalue weighted by atomic mass is 9.78. The number of para-hydroxylation sites is 1. The molecule has 34 heavy (non-hydrogen) atoms. The van der Waals surface area contributed by atoms with Crippen molar-refractivity contribution in [3.05, 3.63) is 82.7 Å². The number of nitrogens with one attached hydrogen (secondary N) is 2. The maximum absolute atomic E-state index is 12.4. The summed E-state index contributed by atoms with van der Waals surface area (Å²) in [5, 5.41) is 6.97. The van der Waals surface area contributed by atoms with Crippen LogP contribution in [0.4, 0.5) is 5.82 Å². The van der Waals surface area contributed by atoms with Gasteiger partial charge in [0.15, 0.2) is 0 Å². The van der Waals surface area contributed by atoms with Crippen LogP contribution in [0.5, 0.6) is 0 Å². The number of fused-ring (bicyclic) bond motifs is 1. The summed E-state index contributed by atoms with van der Waals surface area (Å²) in [4.78, 5) is 37.7. The van der Waals surface area contributed by atoms with Crippen molar-refractivity contribution in [2.45, 2.75) is 25.7 Å². The van der Waals surface area contributed by atoms with E-state index in [9.17, 15) is 9.59 Å². The van der Waals surface area contributed by atoms with Gasteiger partial charge in [-0.15, -0.1) is 0 Å². The first-order valence-electron chi connectivity index (χ1n) is 11.2. The number of rotatable bonds is 7. The maximum atomic E-state index is 12.4. The van der Waals surface area contributed by atoms with Crippen LogP contribution in [0, 0.1) is 0 Å². The van der Waals surface area contributed by atoms with Crippen LogP contribution in [0.3, 0.4) is 0 Å². The van der Waals surface area contributed by atoms with Crippen molar-refractivity contribution >= 4 is 22.6 Å². The van der Waals surface area contributed by atoms with Crippen molar-refractivity contribution in [1.29, 1.82) is 0 Å². The fourth-order valence-corrected chi connectivity index (χ4v) is 4.01. The van der Waals surface area contributed by atoms with Crippen LogP contribution < -0.4 is 16.2 Å². The molecule has 0 fully saturated rings. The van der Waals surface area contributed by atoms with Crippen LogP contribution in [-0.2, 0) is 12.5 Å². The number of aryl methyl sites for hydroxylation is 1. The number of amides is 1. The Labute approximate surface area is 198 Å². The molecule has 0 saturated heterocycles. The van der Waals surface area contributed by atoms with E-state index in [1.165, 1.54) is 10.9 Å². The van der Waals surface area contributed by atoms with E-state index in [-0.39, 0.29) is 16.9 Å². The average Bonchev–Trinajstić information content (AvgIpc) is 2.87. The van der Waals surface area contributed by atoms with Gasteiger partial charge in [0, 0.05) is 61.5 Å². The third-order valence-electron chi connectivity index (χ3n) is 6.40. The molecule has 3 heterocycles. The molecule has 0 aliphatic rings. The summed E-state index contributed by atoms with van der Waals surface area (Å²) in [5.41, 5.74) is 3.53. The quantitative estimate of drug-likeness (QED) is 0.441. The highest BCUT2D eigenvalue weighted by Crippen LogP contribution is 2.33. The van der Waals surface area contributed by atoms with Gasteiger partial charge in [0.25, 0.3) is 11.5 Å². The second-order valence-corrected chi connectivity index (χ2v) is 8.56. The highest BCUT2D eigenvalue weighted by molar-refractivity contribution is 6.06. The van der Waals surface area contributed by atoms with Crippen LogP contribution >= 0.6 is 0 Å². The zero-order valence-electron chi connectivity index (χ0n) is 19.8. The molecule has 174 valence electrons. The highest BCUT2D eigenvalue weighted by atomic mass is 16.1. The lowest BCUT2D eigenvalue weighted by Gasteiger charge is -2.30. The fraction of sp³-hybridized carbons (Fsp3) is 0.269. The van der Waals surface area contributed by atoms with Gasteiger partial charge in [0.1, 0.15) is 12.1 Å². The van der Waals surface area contributed by atoms with Crippen molar-refractivity contribution in [1.82, 2.24) is 24.8 Å². The lowest BCUT2D eigenvalue weighted by molar-refractivity contribution is 0.0964. The summed E-state index contributed by atoms with van der Waals surface area (Å²) in [6.45, 7) is 4.90. The number of benzene rings is 1. The van der Waals surface area contributed by atoms with E-state index in [1.807, 2.05) is 24.3 Å². The number of pyridine rings is 2. The molecule has 4 aromatic rings. The third kappa shape index (κ3) is 4.39. The van der Waals surface area contributed by atoms with Crippen LogP contribution in [0.15, 0.2) is 66.0 Å². The minimum Gasteiger partial charge on any atom is -0.369 e. The van der Waals surface area contributed by atoms with Gasteiger partial charge >= 0.3 is 0 Å². The molecule has 4 rings (SSSR count). The van der Waals surface area contributed by atoms with Crippen molar-refractivity contribution < 1.29 is 4.79 Å². The van der Waals surface area contributed by atoms with E-state index in [4.69, 9.17) is 0 Å². The minimum atomic E-state index is -0.276. The summed E-state index contributed by atoms with van der Waals surface area (Å²) >= 11 is 0. The number of carbonyl (C=O) groups excluding carboxylic acids is 1. The topological polar surface area (TPSA) is 102 Å². The van der Waals surface area contributed by atoms with Gasteiger partial charge in [-0.2, -0.15) is 0 Å². The standard InChI is InChI=1S/C26H28N6O2/c1-5-26(2,20-8-6-7-18-19(25(34)27-3)9-11-28-24(18)20)15-29-22-14-21(30-16-31-22)17-10-12-32(4)23(33)13-17/h6-14,16H,5,15H2,1-4H3,(H,27,34)(H,29,30,31). The predicted molar refractivity (Wildman–Crippen MR) is 134 cm³/mol. The monoisotopic (exact) mass is 456 g/mol. The van der Waals surface area contributed by atoms with E-state index in [2.05, 4.69) is 45.5 Å². The molecule has 1 unspecified atom stereocenters. The summed E-state index contributed by atoms with van der Waals surface area (Å²) in [5.74, 6) is 0.537. The highest BCUT2D eigenvalue weighted by Gasteiger charge is 2.28. The fourth-order valence-electron chi connectivity index (χ4n) is 4.01. The second-order valence-electron chi connectivity index (χ2n) is 8.56. The first-order chi connectivity index (χ1) is 16.4. The molecule has 0 aliphatic heterocycles. The number of anilines is 1. The molecular formula is C26H28N6O2. The number of carbonyl (C=O) groups is 1. The van der Waals surface area contributed by atoms with Crippen LogP contribution in [-0.4, -0.2) is 39.0 Å². The Bertz CT molecular complexity index is 1410. The Balaban J connectivity index is 1.65. The summed E-state index contributed by atoms with van der Waals surface area (Å²) in [6.07, 6.45) is 5.74. The molecule has 3 aromatic heterocycles. The summed E-state index contributed by atoms with van der Waals surface area (Å²) in [7, 11) is 3.34. The molecule has 0 radical (unpaired) electrons. The Morgan fingerprint density at radius 2 is 1.94 bits per heavy atom. The third-order valence-corrected chi connectivity index (χ3v) is 6.40. The number of nitrogens with zero attached hydrogens (tertiary/aromatic N) is 4. The van der Waals surface area contributed by atoms with Gasteiger partial charge in [-0.3, -0.25) is 14.6 Å². The van der Waals surface area contributed by atoms with Crippen LogP contribution in [0.25, 0.3) is 22.2 Å². The van der Waals surface area contributed by atoms with E-state index < -0.39 is 0 Å². The Morgan fingerprint density at radius 1 is 1.12 bits per heavy atom. The van der Waals surface area contributed by atoms with Gasteiger partial charge in [-0.05, 0) is 24.1 Å². The molecule has 8 heteroatoms. The normalized spacial score (nSPS) is 12.8. The average molecular weight is 457 g/mol. The molecule has 1 atom stereocenters. The number of hydrogen-bond acceptors (Lipinski definition) is 6. The molecule has 2 N–H and O–H groups in total. The van der Waals surface area contributed by atoms with Crippen molar-refractivity contribution in [3.63, 3.8) is 0 Å². The Hall–Kier alpha value is -4.07. The van der Waals surface area contributed by atoms with Crippen molar-refractivity contribution in [2.24, 2.45) is 7.05 Å². The number of aromatic nitrogens is 4. The first-order valence-corrected chi connectivity index (χ1v) is 11.2. The molecular weight excluding hydrogens is 428 g/mol. The van der Waals surface area contributed by atoms with E-state index >= 15 is 0 Å². The Morgan fingerprint density at radius 3 is 2.68 bits per heavy atom. The van der Waals surface area contributed by atoms with E-state index in [0.29, 0.717) is 23.6 Å². The molecule has 1 amide bonds. The largest absolute Gasteiger partial charge is 0.369 e. The van der Waals surface area contributed by atoms with Gasteiger partial charge < -0.3 is 15.2 Å². The molecule has 8 nitrogen and oxygen atoms in total. The van der Waals surface area contributed by atoms with Crippen LogP contribution in [0.2, 0.25) is 0 Å². The lowest BCUT2D eigenvalue weighted by Crippen LogP contribution is -2.31. The van der Waals surface area contributed by atoms with Gasteiger partial charge in [-0.25, -0.2) is 9.97 Å². The molecule has 0 bridgehead atoms. The molecule has 0 saturated carbocycles. The smallest absolute Gasteiger partial charge is 0.251 e. The summed E-state index contributed by atoms with van der Waals surface area (Å²) in [6, 6.07) is 13.0. The van der Waals surface area contributed by atoms with Gasteiger partial charge in [0.05, 0.1) is 16.8 Å². The SMILES string of the molecule is CCC(C)(CNc1cc(-c2ccn(C)c(=O)c2)ncn1)c1cccc2c(C(=O)NC)ccnc12. The zero-order chi connectivity index (χ0) is 24.3. The van der Waals surface area contributed by atoms with Crippen molar-refractivity contribution in [2.75, 3.05) is 18.9 Å². The van der Waals surface area contributed by atoms with Gasteiger partial charge in [-0.1, -0.05) is 32.0 Å². The Kier molecular flexibility index (Phi) is 6.40. The first kappa shape index (κ1) is 23.1. The van der Waals surface area contributed by atoms with Crippen molar-refractivity contribution in [3.8, 4) is 11.3 Å². The van der Waals surface area contributed by atoms with Gasteiger partial charge in [0.2, 0.25) is 0 Å². The predicted octanol–water partition coefficient (Wildman–Crippen LogP) is 3.53. The molecule has 0 aliphatic carbocycles. The molecule has 1 aromatic carbocycles. The number of hydrogen-bond donors (Lipinski definition) is 2. The van der Waals surface area contributed by atoms with E-state index in [1.54, 1.807) is 38.6 Å². The minimum absolute atomic E-state index is 0.0937. The maximum Gasteiger partial charge on any atom is 0.251 e. The zero-order valence-corrected chi connectivity index (χ0v) is 19.8. The van der Waals surface area contributed by atoms with Crippen LogP contribution in [0.1, 0.15) is 36.2 Å². The summed E-state index contributed by atoms with van der Waals surface area (Å²) < 4.78 is 1.52. The van der Waals surface area contributed by atoms with E-state index in [0.717, 1.165) is 28.5 Å². The molecule has 0 spiro atoms.